The molecule has 5 nitrogen and oxygen atoms in total. The molecule has 1 aromatic rings. The summed E-state index contributed by atoms with van der Waals surface area (Å²) in [5, 5.41) is 0. The lowest BCUT2D eigenvalue weighted by molar-refractivity contribution is 0.114. The highest BCUT2D eigenvalue weighted by atomic mass is 16.6. The van der Waals surface area contributed by atoms with Gasteiger partial charge in [0.05, 0.1) is 6.26 Å². The number of carbonyl (C=O) groups is 1. The molecule has 0 aliphatic rings. The largest absolute Gasteiger partial charge is 0.498 e. The summed E-state index contributed by atoms with van der Waals surface area (Å²) in [4.78, 5) is 14.8. The zero-order chi connectivity index (χ0) is 9.52. The lowest BCUT2D eigenvalue weighted by atomic mass is 10.8. The highest BCUT2D eigenvalue weighted by Gasteiger charge is 2.02. The molecular weight excluding hydrogens is 172 g/mol. The van der Waals surface area contributed by atoms with E-state index in [1.54, 1.807) is 0 Å². The normalized spacial score (nSPS) is 9.23. The quantitative estimate of drug-likeness (QED) is 0.515. The maximum absolute atomic E-state index is 11.1. The van der Waals surface area contributed by atoms with Gasteiger partial charge >= 0.3 is 6.09 Å². The molecule has 0 N–H and O–H groups in total. The van der Waals surface area contributed by atoms with Gasteiger partial charge in [-0.1, -0.05) is 6.58 Å². The smallest absolute Gasteiger partial charge is 0.419 e. The second kappa shape index (κ2) is 4.97. The summed E-state index contributed by atoms with van der Waals surface area (Å²) in [6.07, 6.45) is 5.21. The SMILES string of the molecule is C=COCCOC(=O)n1ccnc1. The molecule has 1 aromatic heterocycles. The van der Waals surface area contributed by atoms with Crippen LogP contribution in [0.3, 0.4) is 0 Å². The lowest BCUT2D eigenvalue weighted by Gasteiger charge is -2.03. The second-order valence-corrected chi connectivity index (χ2v) is 2.12. The van der Waals surface area contributed by atoms with Crippen molar-refractivity contribution in [1.82, 2.24) is 9.55 Å². The van der Waals surface area contributed by atoms with Crippen molar-refractivity contribution in [2.24, 2.45) is 0 Å². The van der Waals surface area contributed by atoms with Crippen LogP contribution < -0.4 is 0 Å². The van der Waals surface area contributed by atoms with Crippen LogP contribution in [0.15, 0.2) is 31.6 Å². The topological polar surface area (TPSA) is 53.4 Å². The van der Waals surface area contributed by atoms with Crippen molar-refractivity contribution in [2.75, 3.05) is 13.2 Å². The Balaban J connectivity index is 2.23. The maximum Gasteiger partial charge on any atom is 0.419 e. The molecule has 0 amide bonds. The minimum Gasteiger partial charge on any atom is -0.498 e. The van der Waals surface area contributed by atoms with Crippen molar-refractivity contribution in [3.8, 4) is 0 Å². The number of aromatic nitrogens is 2. The van der Waals surface area contributed by atoms with E-state index in [-0.39, 0.29) is 6.61 Å². The van der Waals surface area contributed by atoms with Crippen LogP contribution in [0.1, 0.15) is 0 Å². The molecule has 0 aliphatic carbocycles. The molecule has 0 radical (unpaired) electrons. The Labute approximate surface area is 75.6 Å². The Morgan fingerprint density at radius 2 is 2.46 bits per heavy atom. The van der Waals surface area contributed by atoms with Gasteiger partial charge in [-0.05, 0) is 0 Å². The average molecular weight is 182 g/mol. The molecule has 0 saturated heterocycles. The predicted octanol–water partition coefficient (Wildman–Crippen LogP) is 1.03. The number of rotatable bonds is 4. The fourth-order valence-corrected chi connectivity index (χ4v) is 0.702. The number of imidazole rings is 1. The predicted molar refractivity (Wildman–Crippen MR) is 45.1 cm³/mol. The molecule has 0 bridgehead atoms. The molecule has 0 spiro atoms. The first-order valence-electron chi connectivity index (χ1n) is 3.72. The fourth-order valence-electron chi connectivity index (χ4n) is 0.702. The van der Waals surface area contributed by atoms with Crippen LogP contribution in [0, 0.1) is 0 Å². The third-order valence-electron chi connectivity index (χ3n) is 1.26. The van der Waals surface area contributed by atoms with Crippen LogP contribution in [-0.4, -0.2) is 28.9 Å². The fraction of sp³-hybridized carbons (Fsp3) is 0.250. The minimum absolute atomic E-state index is 0.197. The molecule has 13 heavy (non-hydrogen) atoms. The first-order valence-corrected chi connectivity index (χ1v) is 3.72. The zero-order valence-corrected chi connectivity index (χ0v) is 7.05. The molecule has 70 valence electrons. The van der Waals surface area contributed by atoms with Crippen LogP contribution in [0.25, 0.3) is 0 Å². The van der Waals surface area contributed by atoms with Crippen molar-refractivity contribution in [3.05, 3.63) is 31.6 Å². The van der Waals surface area contributed by atoms with Gasteiger partial charge in [0.15, 0.2) is 0 Å². The van der Waals surface area contributed by atoms with E-state index in [0.29, 0.717) is 6.61 Å². The number of carbonyl (C=O) groups excluding carboxylic acids is 1. The first kappa shape index (κ1) is 9.31. The third kappa shape index (κ3) is 2.98. The van der Waals surface area contributed by atoms with Gasteiger partial charge in [0, 0.05) is 12.4 Å². The van der Waals surface area contributed by atoms with E-state index in [1.807, 2.05) is 0 Å². The van der Waals surface area contributed by atoms with Gasteiger partial charge in [0.1, 0.15) is 19.5 Å². The first-order chi connectivity index (χ1) is 6.34. The highest BCUT2D eigenvalue weighted by molar-refractivity contribution is 5.69. The molecular formula is C8H10N2O3. The highest BCUT2D eigenvalue weighted by Crippen LogP contribution is 1.89. The standard InChI is InChI=1S/C8H10N2O3/c1-2-12-5-6-13-8(11)10-4-3-9-7-10/h2-4,7H,1,5-6H2. The Hall–Kier alpha value is -1.78. The summed E-state index contributed by atoms with van der Waals surface area (Å²) in [5.74, 6) is 0. The van der Waals surface area contributed by atoms with Crippen LogP contribution in [0.5, 0.6) is 0 Å². The summed E-state index contributed by atoms with van der Waals surface area (Å²) in [6, 6.07) is 0. The van der Waals surface area contributed by atoms with Crippen molar-refractivity contribution in [1.29, 1.82) is 0 Å². The van der Waals surface area contributed by atoms with Crippen molar-refractivity contribution in [2.45, 2.75) is 0 Å². The lowest BCUT2D eigenvalue weighted by Crippen LogP contribution is -2.14. The molecule has 0 aromatic carbocycles. The van der Waals surface area contributed by atoms with Crippen LogP contribution in [0.4, 0.5) is 4.79 Å². The summed E-state index contributed by atoms with van der Waals surface area (Å²) >= 11 is 0. The summed E-state index contributed by atoms with van der Waals surface area (Å²) in [7, 11) is 0. The molecule has 5 heteroatoms. The van der Waals surface area contributed by atoms with Gasteiger partial charge in [0.25, 0.3) is 0 Å². The summed E-state index contributed by atoms with van der Waals surface area (Å²) in [6.45, 7) is 3.86. The molecule has 1 heterocycles. The van der Waals surface area contributed by atoms with Gasteiger partial charge in [-0.3, -0.25) is 0 Å². The van der Waals surface area contributed by atoms with Crippen LogP contribution in [0.2, 0.25) is 0 Å². The second-order valence-electron chi connectivity index (χ2n) is 2.12. The molecule has 0 aliphatic heterocycles. The summed E-state index contributed by atoms with van der Waals surface area (Å²) < 4.78 is 10.8. The van der Waals surface area contributed by atoms with E-state index < -0.39 is 6.09 Å². The molecule has 0 unspecified atom stereocenters. The van der Waals surface area contributed by atoms with Gasteiger partial charge < -0.3 is 9.47 Å². The van der Waals surface area contributed by atoms with Crippen molar-refractivity contribution in [3.63, 3.8) is 0 Å². The van der Waals surface area contributed by atoms with Crippen LogP contribution in [-0.2, 0) is 9.47 Å². The molecule has 0 fully saturated rings. The van der Waals surface area contributed by atoms with E-state index in [4.69, 9.17) is 9.47 Å². The average Bonchev–Trinajstić information content (AvgIpc) is 2.65. The summed E-state index contributed by atoms with van der Waals surface area (Å²) in [5.41, 5.74) is 0. The number of hydrogen-bond donors (Lipinski definition) is 0. The van der Waals surface area contributed by atoms with E-state index >= 15 is 0 Å². The maximum atomic E-state index is 11.1. The van der Waals surface area contributed by atoms with Gasteiger partial charge in [-0.2, -0.15) is 0 Å². The number of nitrogens with zero attached hydrogens (tertiary/aromatic N) is 2. The van der Waals surface area contributed by atoms with E-state index in [1.165, 1.54) is 29.6 Å². The minimum atomic E-state index is -0.467. The Morgan fingerprint density at radius 3 is 3.08 bits per heavy atom. The molecule has 0 atom stereocenters. The van der Waals surface area contributed by atoms with Gasteiger partial charge in [-0.25, -0.2) is 14.3 Å². The zero-order valence-electron chi connectivity index (χ0n) is 7.05. The monoisotopic (exact) mass is 182 g/mol. The number of hydrogen-bond acceptors (Lipinski definition) is 4. The Kier molecular flexibility index (Phi) is 3.56. The molecule has 1 rings (SSSR count). The molecule has 0 saturated carbocycles. The van der Waals surface area contributed by atoms with Crippen molar-refractivity contribution < 1.29 is 14.3 Å². The van der Waals surface area contributed by atoms with Gasteiger partial charge in [-0.15, -0.1) is 0 Å². The van der Waals surface area contributed by atoms with Crippen molar-refractivity contribution >= 4 is 6.09 Å². The van der Waals surface area contributed by atoms with E-state index in [0.717, 1.165) is 0 Å². The Bertz CT molecular complexity index is 269. The Morgan fingerprint density at radius 1 is 1.62 bits per heavy atom. The van der Waals surface area contributed by atoms with E-state index in [2.05, 4.69) is 11.6 Å². The van der Waals surface area contributed by atoms with Crippen LogP contribution >= 0.6 is 0 Å². The van der Waals surface area contributed by atoms with Gasteiger partial charge in [0.2, 0.25) is 0 Å². The third-order valence-corrected chi connectivity index (χ3v) is 1.26. The van der Waals surface area contributed by atoms with E-state index in [9.17, 15) is 4.79 Å². The number of ether oxygens (including phenoxy) is 2.